The Balaban J connectivity index is 2.16. The van der Waals surface area contributed by atoms with Crippen molar-refractivity contribution >= 4 is 0 Å². The Hall–Kier alpha value is -1.89. The fourth-order valence-electron chi connectivity index (χ4n) is 2.16. The van der Waals surface area contributed by atoms with Gasteiger partial charge in [0.25, 0.3) is 0 Å². The summed E-state index contributed by atoms with van der Waals surface area (Å²) in [5.74, 6) is -1.29. The standard InChI is InChI=1S/C14H15F4N3/c1-21-9(7-8-20-21)5-6-12(19)10-3-2-4-11(13(10)15)14(16,17)18/h2-4,7-8,12H,5-6,19H2,1H3. The maximum absolute atomic E-state index is 13.9. The molecule has 1 atom stereocenters. The van der Waals surface area contributed by atoms with Crippen LogP contribution in [0.2, 0.25) is 0 Å². The maximum Gasteiger partial charge on any atom is 0.419 e. The van der Waals surface area contributed by atoms with Gasteiger partial charge in [-0.05, 0) is 25.0 Å². The maximum atomic E-state index is 13.9. The number of aryl methyl sites for hydroxylation is 2. The van der Waals surface area contributed by atoms with Crippen molar-refractivity contribution in [3.63, 3.8) is 0 Å². The number of rotatable bonds is 4. The molecule has 3 nitrogen and oxygen atoms in total. The van der Waals surface area contributed by atoms with Gasteiger partial charge in [-0.15, -0.1) is 0 Å². The normalized spacial score (nSPS) is 13.4. The number of hydrogen-bond donors (Lipinski definition) is 1. The van der Waals surface area contributed by atoms with E-state index in [0.717, 1.165) is 5.69 Å². The second kappa shape index (κ2) is 5.85. The van der Waals surface area contributed by atoms with Crippen molar-refractivity contribution in [3.05, 3.63) is 53.1 Å². The monoisotopic (exact) mass is 301 g/mol. The van der Waals surface area contributed by atoms with E-state index in [2.05, 4.69) is 5.10 Å². The molecule has 2 N–H and O–H groups in total. The summed E-state index contributed by atoms with van der Waals surface area (Å²) in [4.78, 5) is 0. The molecular weight excluding hydrogens is 286 g/mol. The molecule has 0 aliphatic carbocycles. The van der Waals surface area contributed by atoms with Crippen molar-refractivity contribution < 1.29 is 17.6 Å². The number of hydrogen-bond acceptors (Lipinski definition) is 2. The van der Waals surface area contributed by atoms with E-state index in [1.54, 1.807) is 24.0 Å². The Morgan fingerprint density at radius 3 is 2.57 bits per heavy atom. The van der Waals surface area contributed by atoms with Crippen molar-refractivity contribution in [1.29, 1.82) is 0 Å². The second-order valence-electron chi connectivity index (χ2n) is 4.80. The van der Waals surface area contributed by atoms with Crippen molar-refractivity contribution in [2.45, 2.75) is 25.1 Å². The molecule has 2 aromatic rings. The van der Waals surface area contributed by atoms with Gasteiger partial charge in [-0.2, -0.15) is 18.3 Å². The number of alkyl halides is 3. The summed E-state index contributed by atoms with van der Waals surface area (Å²) in [7, 11) is 1.76. The number of benzene rings is 1. The molecule has 0 bridgehead atoms. The zero-order chi connectivity index (χ0) is 15.6. The van der Waals surface area contributed by atoms with Crippen molar-refractivity contribution in [3.8, 4) is 0 Å². The van der Waals surface area contributed by atoms with E-state index in [-0.39, 0.29) is 5.56 Å². The van der Waals surface area contributed by atoms with E-state index < -0.39 is 23.6 Å². The second-order valence-corrected chi connectivity index (χ2v) is 4.80. The number of aromatic nitrogens is 2. The van der Waals surface area contributed by atoms with Gasteiger partial charge in [-0.25, -0.2) is 4.39 Å². The molecule has 0 spiro atoms. The lowest BCUT2D eigenvalue weighted by Gasteiger charge is -2.16. The fraction of sp³-hybridized carbons (Fsp3) is 0.357. The molecule has 114 valence electrons. The number of nitrogens with two attached hydrogens (primary N) is 1. The zero-order valence-corrected chi connectivity index (χ0v) is 11.4. The van der Waals surface area contributed by atoms with Crippen LogP contribution in [-0.2, 0) is 19.6 Å². The first-order chi connectivity index (χ1) is 9.80. The molecule has 1 aromatic carbocycles. The van der Waals surface area contributed by atoms with Crippen molar-refractivity contribution in [1.82, 2.24) is 9.78 Å². The predicted molar refractivity (Wildman–Crippen MR) is 69.9 cm³/mol. The third-order valence-electron chi connectivity index (χ3n) is 3.37. The summed E-state index contributed by atoms with van der Waals surface area (Å²) in [5, 5.41) is 3.98. The third-order valence-corrected chi connectivity index (χ3v) is 3.37. The van der Waals surface area contributed by atoms with Crippen LogP contribution in [0.15, 0.2) is 30.5 Å². The summed E-state index contributed by atoms with van der Waals surface area (Å²) >= 11 is 0. The molecule has 0 radical (unpaired) electrons. The molecule has 0 saturated heterocycles. The van der Waals surface area contributed by atoms with Crippen LogP contribution in [0.25, 0.3) is 0 Å². The van der Waals surface area contributed by atoms with Gasteiger partial charge in [0, 0.05) is 30.5 Å². The Labute approximate surface area is 119 Å². The van der Waals surface area contributed by atoms with Crippen LogP contribution in [0.1, 0.15) is 29.3 Å². The van der Waals surface area contributed by atoms with Gasteiger partial charge >= 0.3 is 6.18 Å². The number of nitrogens with zero attached hydrogens (tertiary/aromatic N) is 2. The van der Waals surface area contributed by atoms with Crippen LogP contribution in [0.3, 0.4) is 0 Å². The van der Waals surface area contributed by atoms with Crippen molar-refractivity contribution in [2.24, 2.45) is 12.8 Å². The first-order valence-electron chi connectivity index (χ1n) is 6.38. The first kappa shape index (κ1) is 15.5. The average molecular weight is 301 g/mol. The minimum atomic E-state index is -4.72. The molecular formula is C14H15F4N3. The van der Waals surface area contributed by atoms with E-state index in [4.69, 9.17) is 5.73 Å². The van der Waals surface area contributed by atoms with Gasteiger partial charge < -0.3 is 5.73 Å². The van der Waals surface area contributed by atoms with Gasteiger partial charge in [0.15, 0.2) is 0 Å². The number of halogens is 4. The van der Waals surface area contributed by atoms with Crippen LogP contribution in [0.5, 0.6) is 0 Å². The molecule has 21 heavy (non-hydrogen) atoms. The van der Waals surface area contributed by atoms with Gasteiger partial charge in [-0.1, -0.05) is 12.1 Å². The Morgan fingerprint density at radius 1 is 1.29 bits per heavy atom. The lowest BCUT2D eigenvalue weighted by molar-refractivity contribution is -0.140. The van der Waals surface area contributed by atoms with Gasteiger partial charge in [0.05, 0.1) is 5.56 Å². The highest BCUT2D eigenvalue weighted by Gasteiger charge is 2.35. The summed E-state index contributed by atoms with van der Waals surface area (Å²) in [6.45, 7) is 0. The summed E-state index contributed by atoms with van der Waals surface area (Å²) in [5.41, 5.74) is 5.32. The first-order valence-corrected chi connectivity index (χ1v) is 6.38. The minimum absolute atomic E-state index is 0.119. The van der Waals surface area contributed by atoms with E-state index in [9.17, 15) is 17.6 Å². The Kier molecular flexibility index (Phi) is 4.32. The molecule has 0 saturated carbocycles. The molecule has 0 amide bonds. The van der Waals surface area contributed by atoms with Crippen LogP contribution < -0.4 is 5.73 Å². The average Bonchev–Trinajstić information content (AvgIpc) is 2.80. The van der Waals surface area contributed by atoms with E-state index >= 15 is 0 Å². The molecule has 1 aromatic heterocycles. The summed E-state index contributed by atoms with van der Waals surface area (Å²) in [6.07, 6.45) is -2.27. The molecule has 0 fully saturated rings. The van der Waals surface area contributed by atoms with E-state index in [0.29, 0.717) is 18.9 Å². The van der Waals surface area contributed by atoms with Crippen LogP contribution in [0, 0.1) is 5.82 Å². The lowest BCUT2D eigenvalue weighted by atomic mass is 9.99. The summed E-state index contributed by atoms with van der Waals surface area (Å²) < 4.78 is 53.6. The van der Waals surface area contributed by atoms with Gasteiger partial charge in [0.1, 0.15) is 5.82 Å². The Bertz CT molecular complexity index is 619. The van der Waals surface area contributed by atoms with Gasteiger partial charge in [0.2, 0.25) is 0 Å². The highest BCUT2D eigenvalue weighted by Crippen LogP contribution is 2.34. The largest absolute Gasteiger partial charge is 0.419 e. The predicted octanol–water partition coefficient (Wildman–Crippen LogP) is 3.21. The van der Waals surface area contributed by atoms with Crippen LogP contribution in [0.4, 0.5) is 17.6 Å². The minimum Gasteiger partial charge on any atom is -0.324 e. The highest BCUT2D eigenvalue weighted by molar-refractivity contribution is 5.30. The highest BCUT2D eigenvalue weighted by atomic mass is 19.4. The van der Waals surface area contributed by atoms with Crippen LogP contribution >= 0.6 is 0 Å². The van der Waals surface area contributed by atoms with Crippen LogP contribution in [-0.4, -0.2) is 9.78 Å². The van der Waals surface area contributed by atoms with Crippen molar-refractivity contribution in [2.75, 3.05) is 0 Å². The Morgan fingerprint density at radius 2 is 2.00 bits per heavy atom. The fourth-order valence-corrected chi connectivity index (χ4v) is 2.16. The SMILES string of the molecule is Cn1nccc1CCC(N)c1cccc(C(F)(F)F)c1F. The van der Waals surface area contributed by atoms with Gasteiger partial charge in [-0.3, -0.25) is 4.68 Å². The third kappa shape index (κ3) is 3.41. The quantitative estimate of drug-likeness (QED) is 0.881. The summed E-state index contributed by atoms with van der Waals surface area (Å²) in [6, 6.07) is 4.16. The van der Waals surface area contributed by atoms with E-state index in [1.165, 1.54) is 12.1 Å². The molecule has 0 aliphatic rings. The smallest absolute Gasteiger partial charge is 0.324 e. The molecule has 1 heterocycles. The molecule has 0 aliphatic heterocycles. The molecule has 1 unspecified atom stereocenters. The topological polar surface area (TPSA) is 43.8 Å². The molecule has 2 rings (SSSR count). The zero-order valence-electron chi connectivity index (χ0n) is 11.4. The molecule has 7 heteroatoms. The van der Waals surface area contributed by atoms with E-state index in [1.807, 2.05) is 0 Å². The lowest BCUT2D eigenvalue weighted by Crippen LogP contribution is -2.17.